The van der Waals surface area contributed by atoms with Gasteiger partial charge in [-0.15, -0.1) is 0 Å². The Labute approximate surface area is 105 Å². The van der Waals surface area contributed by atoms with Crippen LogP contribution < -0.4 is 0 Å². The number of rotatable bonds is 2. The van der Waals surface area contributed by atoms with E-state index in [1.807, 2.05) is 12.1 Å². The Kier molecular flexibility index (Phi) is 3.24. The summed E-state index contributed by atoms with van der Waals surface area (Å²) >= 11 is 0. The second kappa shape index (κ2) is 4.84. The Balaban J connectivity index is 2.49. The Morgan fingerprint density at radius 3 is 2.89 bits per heavy atom. The molecule has 4 nitrogen and oxygen atoms in total. The molecule has 0 saturated heterocycles. The number of nitrogens with zero attached hydrogens (tertiary/aromatic N) is 3. The van der Waals surface area contributed by atoms with Crippen LogP contribution in [0.4, 0.5) is 0 Å². The van der Waals surface area contributed by atoms with Crippen molar-refractivity contribution in [3.63, 3.8) is 0 Å². The standard InChI is InChI=1S/C14H13N3O/c1-10(9-15)17(2)14(18)12-5-3-7-13-11(12)6-4-8-16-13/h3-8,10H,1-2H3. The first-order chi connectivity index (χ1) is 8.65. The molecule has 0 saturated carbocycles. The van der Waals surface area contributed by atoms with Crippen molar-refractivity contribution in [1.82, 2.24) is 9.88 Å². The molecule has 0 N–H and O–H groups in total. The van der Waals surface area contributed by atoms with Crippen molar-refractivity contribution < 1.29 is 4.79 Å². The molecule has 2 rings (SSSR count). The van der Waals surface area contributed by atoms with E-state index in [2.05, 4.69) is 11.1 Å². The van der Waals surface area contributed by atoms with Gasteiger partial charge in [-0.05, 0) is 25.1 Å². The highest BCUT2D eigenvalue weighted by Crippen LogP contribution is 2.18. The van der Waals surface area contributed by atoms with Crippen molar-refractivity contribution in [2.24, 2.45) is 0 Å². The molecule has 0 aliphatic rings. The van der Waals surface area contributed by atoms with Crippen molar-refractivity contribution in [1.29, 1.82) is 5.26 Å². The molecule has 1 heterocycles. The lowest BCUT2D eigenvalue weighted by atomic mass is 10.1. The van der Waals surface area contributed by atoms with Crippen LogP contribution in [0.15, 0.2) is 36.5 Å². The minimum Gasteiger partial charge on any atom is -0.326 e. The third kappa shape index (κ3) is 2.03. The van der Waals surface area contributed by atoms with Gasteiger partial charge in [0.15, 0.2) is 0 Å². The molecule has 1 atom stereocenters. The average molecular weight is 239 g/mol. The molecule has 18 heavy (non-hydrogen) atoms. The number of carbonyl (C=O) groups is 1. The first-order valence-corrected chi connectivity index (χ1v) is 5.65. The molecule has 0 aliphatic carbocycles. The van der Waals surface area contributed by atoms with Crippen molar-refractivity contribution in [3.8, 4) is 6.07 Å². The normalized spacial score (nSPS) is 11.8. The summed E-state index contributed by atoms with van der Waals surface area (Å²) in [5.74, 6) is -0.164. The highest BCUT2D eigenvalue weighted by atomic mass is 16.2. The lowest BCUT2D eigenvalue weighted by molar-refractivity contribution is 0.0775. The van der Waals surface area contributed by atoms with Gasteiger partial charge in [0.1, 0.15) is 6.04 Å². The summed E-state index contributed by atoms with van der Waals surface area (Å²) in [5, 5.41) is 9.67. The summed E-state index contributed by atoms with van der Waals surface area (Å²) in [4.78, 5) is 18.0. The van der Waals surface area contributed by atoms with Crippen molar-refractivity contribution in [2.45, 2.75) is 13.0 Å². The number of pyridine rings is 1. The molecule has 0 spiro atoms. The van der Waals surface area contributed by atoms with Gasteiger partial charge in [0.05, 0.1) is 11.6 Å². The van der Waals surface area contributed by atoms with Crippen LogP contribution in [0, 0.1) is 11.3 Å². The van der Waals surface area contributed by atoms with Gasteiger partial charge in [-0.25, -0.2) is 0 Å². The summed E-state index contributed by atoms with van der Waals surface area (Å²) in [7, 11) is 1.63. The number of hydrogen-bond donors (Lipinski definition) is 0. The lowest BCUT2D eigenvalue weighted by Crippen LogP contribution is -2.34. The molecule has 2 aromatic rings. The van der Waals surface area contributed by atoms with E-state index in [1.54, 1.807) is 38.4 Å². The minimum absolute atomic E-state index is 0.164. The molecule has 4 heteroatoms. The highest BCUT2D eigenvalue weighted by molar-refractivity contribution is 6.06. The van der Waals surface area contributed by atoms with Gasteiger partial charge in [-0.3, -0.25) is 9.78 Å². The largest absolute Gasteiger partial charge is 0.326 e. The highest BCUT2D eigenvalue weighted by Gasteiger charge is 2.18. The molecule has 1 aromatic carbocycles. The summed E-state index contributed by atoms with van der Waals surface area (Å²) in [6.45, 7) is 1.70. The van der Waals surface area contributed by atoms with E-state index in [-0.39, 0.29) is 5.91 Å². The number of amides is 1. The summed E-state index contributed by atoms with van der Waals surface area (Å²) in [6.07, 6.45) is 1.69. The molecule has 90 valence electrons. The number of nitriles is 1. The lowest BCUT2D eigenvalue weighted by Gasteiger charge is -2.20. The van der Waals surface area contributed by atoms with Crippen molar-refractivity contribution in [3.05, 3.63) is 42.1 Å². The second-order valence-electron chi connectivity index (χ2n) is 4.10. The molecule has 0 radical (unpaired) electrons. The molecule has 1 unspecified atom stereocenters. The molecule has 1 aromatic heterocycles. The van der Waals surface area contributed by atoms with Crippen molar-refractivity contribution >= 4 is 16.8 Å². The molecular weight excluding hydrogens is 226 g/mol. The van der Waals surface area contributed by atoms with Gasteiger partial charge < -0.3 is 4.90 Å². The molecule has 0 aliphatic heterocycles. The zero-order chi connectivity index (χ0) is 13.1. The number of fused-ring (bicyclic) bond motifs is 1. The van der Waals surface area contributed by atoms with Crippen LogP contribution >= 0.6 is 0 Å². The zero-order valence-electron chi connectivity index (χ0n) is 10.3. The second-order valence-corrected chi connectivity index (χ2v) is 4.10. The quantitative estimate of drug-likeness (QED) is 0.807. The van der Waals surface area contributed by atoms with Crippen LogP contribution in [-0.4, -0.2) is 28.9 Å². The molecular formula is C14H13N3O. The molecule has 0 fully saturated rings. The van der Waals surface area contributed by atoms with Crippen LogP contribution in [0.5, 0.6) is 0 Å². The first kappa shape index (κ1) is 12.1. The number of aromatic nitrogens is 1. The summed E-state index contributed by atoms with van der Waals surface area (Å²) in [5.41, 5.74) is 1.35. The van der Waals surface area contributed by atoms with Crippen molar-refractivity contribution in [2.75, 3.05) is 7.05 Å². The van der Waals surface area contributed by atoms with E-state index in [4.69, 9.17) is 5.26 Å². The fourth-order valence-electron chi connectivity index (χ4n) is 1.74. The van der Waals surface area contributed by atoms with Crippen LogP contribution in [0.2, 0.25) is 0 Å². The van der Waals surface area contributed by atoms with Crippen LogP contribution in [0.1, 0.15) is 17.3 Å². The Hall–Kier alpha value is -2.41. The summed E-state index contributed by atoms with van der Waals surface area (Å²) < 4.78 is 0. The Morgan fingerprint density at radius 2 is 2.17 bits per heavy atom. The zero-order valence-corrected chi connectivity index (χ0v) is 10.3. The minimum atomic E-state index is -0.454. The van der Waals surface area contributed by atoms with E-state index < -0.39 is 6.04 Å². The number of hydrogen-bond acceptors (Lipinski definition) is 3. The summed E-state index contributed by atoms with van der Waals surface area (Å²) in [6, 6.07) is 10.7. The van der Waals surface area contributed by atoms with Crippen LogP contribution in [0.3, 0.4) is 0 Å². The SMILES string of the molecule is CC(C#N)N(C)C(=O)c1cccc2ncccc12. The van der Waals surface area contributed by atoms with Gasteiger partial charge in [0.2, 0.25) is 0 Å². The van der Waals surface area contributed by atoms with Gasteiger partial charge >= 0.3 is 0 Å². The predicted molar refractivity (Wildman–Crippen MR) is 68.9 cm³/mol. The molecule has 1 amide bonds. The maximum absolute atomic E-state index is 12.3. The number of benzene rings is 1. The van der Waals surface area contributed by atoms with E-state index in [0.29, 0.717) is 5.56 Å². The van der Waals surface area contributed by atoms with E-state index >= 15 is 0 Å². The third-order valence-corrected chi connectivity index (χ3v) is 2.96. The Morgan fingerprint density at radius 1 is 1.39 bits per heavy atom. The smallest absolute Gasteiger partial charge is 0.255 e. The first-order valence-electron chi connectivity index (χ1n) is 5.65. The monoisotopic (exact) mass is 239 g/mol. The predicted octanol–water partition coefficient (Wildman–Crippen LogP) is 2.22. The van der Waals surface area contributed by atoms with Crippen LogP contribution in [-0.2, 0) is 0 Å². The third-order valence-electron chi connectivity index (χ3n) is 2.96. The van der Waals surface area contributed by atoms with Gasteiger partial charge in [0, 0.05) is 24.2 Å². The van der Waals surface area contributed by atoms with E-state index in [1.165, 1.54) is 4.90 Å². The fraction of sp³-hybridized carbons (Fsp3) is 0.214. The number of carbonyl (C=O) groups excluding carboxylic acids is 1. The average Bonchev–Trinajstić information content (AvgIpc) is 2.44. The van der Waals surface area contributed by atoms with Crippen LogP contribution in [0.25, 0.3) is 10.9 Å². The maximum Gasteiger partial charge on any atom is 0.255 e. The fourth-order valence-corrected chi connectivity index (χ4v) is 1.74. The maximum atomic E-state index is 12.3. The van der Waals surface area contributed by atoms with Gasteiger partial charge in [0.25, 0.3) is 5.91 Å². The van der Waals surface area contributed by atoms with Gasteiger partial charge in [-0.2, -0.15) is 5.26 Å². The van der Waals surface area contributed by atoms with E-state index in [0.717, 1.165) is 10.9 Å². The molecule has 0 bridgehead atoms. The topological polar surface area (TPSA) is 57.0 Å². The van der Waals surface area contributed by atoms with E-state index in [9.17, 15) is 4.79 Å². The van der Waals surface area contributed by atoms with Gasteiger partial charge in [-0.1, -0.05) is 12.1 Å². The Bertz CT molecular complexity index is 625.